The molecule has 4 nitrogen and oxygen atoms in total. The SMILES string of the molecule is OB(O)c1cccc(-c2cc[nH]n2)c1. The van der Waals surface area contributed by atoms with Gasteiger partial charge in [0, 0.05) is 11.8 Å². The predicted octanol–water partition coefficient (Wildman–Crippen LogP) is -0.244. The maximum atomic E-state index is 8.97. The summed E-state index contributed by atoms with van der Waals surface area (Å²) in [6.45, 7) is 0. The highest BCUT2D eigenvalue weighted by Crippen LogP contribution is 2.13. The molecule has 14 heavy (non-hydrogen) atoms. The highest BCUT2D eigenvalue weighted by molar-refractivity contribution is 6.58. The minimum atomic E-state index is -1.44. The average molecular weight is 188 g/mol. The van der Waals surface area contributed by atoms with Crippen LogP contribution in [-0.4, -0.2) is 27.4 Å². The highest BCUT2D eigenvalue weighted by atomic mass is 16.4. The van der Waals surface area contributed by atoms with Crippen molar-refractivity contribution < 1.29 is 10.0 Å². The topological polar surface area (TPSA) is 69.1 Å². The van der Waals surface area contributed by atoms with Crippen molar-refractivity contribution in [3.63, 3.8) is 0 Å². The molecule has 0 spiro atoms. The zero-order valence-electron chi connectivity index (χ0n) is 7.38. The molecule has 0 aliphatic heterocycles. The van der Waals surface area contributed by atoms with Gasteiger partial charge >= 0.3 is 7.12 Å². The Labute approximate surface area is 81.4 Å². The smallest absolute Gasteiger partial charge is 0.423 e. The number of H-pyrrole nitrogens is 1. The molecule has 5 heteroatoms. The van der Waals surface area contributed by atoms with Crippen LogP contribution in [0.3, 0.4) is 0 Å². The number of hydrogen-bond acceptors (Lipinski definition) is 3. The van der Waals surface area contributed by atoms with Gasteiger partial charge < -0.3 is 10.0 Å². The van der Waals surface area contributed by atoms with Gasteiger partial charge in [0.25, 0.3) is 0 Å². The van der Waals surface area contributed by atoms with E-state index >= 15 is 0 Å². The molecule has 1 aromatic heterocycles. The summed E-state index contributed by atoms with van der Waals surface area (Å²) in [6, 6.07) is 8.80. The van der Waals surface area contributed by atoms with Gasteiger partial charge in [0.15, 0.2) is 0 Å². The minimum absolute atomic E-state index is 0.463. The van der Waals surface area contributed by atoms with Crippen molar-refractivity contribution in [3.8, 4) is 11.3 Å². The maximum Gasteiger partial charge on any atom is 0.488 e. The zero-order valence-corrected chi connectivity index (χ0v) is 7.38. The lowest BCUT2D eigenvalue weighted by molar-refractivity contribution is 0.426. The summed E-state index contributed by atoms with van der Waals surface area (Å²) in [4.78, 5) is 0. The van der Waals surface area contributed by atoms with Crippen LogP contribution in [0.1, 0.15) is 0 Å². The Bertz CT molecular complexity index is 415. The maximum absolute atomic E-state index is 8.97. The number of nitrogens with one attached hydrogen (secondary N) is 1. The molecule has 0 radical (unpaired) electrons. The first kappa shape index (κ1) is 8.99. The molecule has 0 atom stereocenters. The Morgan fingerprint density at radius 1 is 1.21 bits per heavy atom. The summed E-state index contributed by atoms with van der Waals surface area (Å²) in [6.07, 6.45) is 1.72. The Kier molecular flexibility index (Phi) is 2.34. The first-order valence-corrected chi connectivity index (χ1v) is 4.23. The van der Waals surface area contributed by atoms with Crippen LogP contribution in [0.2, 0.25) is 0 Å². The molecule has 0 saturated carbocycles. The Hall–Kier alpha value is -1.59. The van der Waals surface area contributed by atoms with Crippen molar-refractivity contribution in [3.05, 3.63) is 36.5 Å². The lowest BCUT2D eigenvalue weighted by atomic mass is 9.79. The molecule has 0 amide bonds. The van der Waals surface area contributed by atoms with Gasteiger partial charge in [-0.1, -0.05) is 24.3 Å². The van der Waals surface area contributed by atoms with Crippen LogP contribution >= 0.6 is 0 Å². The van der Waals surface area contributed by atoms with Crippen LogP contribution in [0.25, 0.3) is 11.3 Å². The van der Waals surface area contributed by atoms with Gasteiger partial charge in [0.05, 0.1) is 5.69 Å². The number of aromatic nitrogens is 2. The lowest BCUT2D eigenvalue weighted by Crippen LogP contribution is -2.29. The number of nitrogens with zero attached hydrogens (tertiary/aromatic N) is 1. The van der Waals surface area contributed by atoms with Gasteiger partial charge in [-0.3, -0.25) is 5.10 Å². The monoisotopic (exact) mass is 188 g/mol. The summed E-state index contributed by atoms with van der Waals surface area (Å²) < 4.78 is 0. The second kappa shape index (κ2) is 3.65. The normalized spacial score (nSPS) is 10.1. The van der Waals surface area contributed by atoms with Crippen LogP contribution < -0.4 is 5.46 Å². The second-order valence-electron chi connectivity index (χ2n) is 2.96. The number of benzene rings is 1. The largest absolute Gasteiger partial charge is 0.488 e. The van der Waals surface area contributed by atoms with Crippen LogP contribution in [0.5, 0.6) is 0 Å². The Balaban J connectivity index is 2.41. The van der Waals surface area contributed by atoms with Gasteiger partial charge in [0.2, 0.25) is 0 Å². The Morgan fingerprint density at radius 2 is 2.07 bits per heavy atom. The first-order valence-electron chi connectivity index (χ1n) is 4.23. The molecule has 0 aliphatic carbocycles. The van der Waals surface area contributed by atoms with E-state index in [1.807, 2.05) is 12.1 Å². The summed E-state index contributed by atoms with van der Waals surface area (Å²) in [5.41, 5.74) is 2.11. The molecule has 1 heterocycles. The molecular formula is C9H9BN2O2. The molecule has 3 N–H and O–H groups in total. The minimum Gasteiger partial charge on any atom is -0.423 e. The van der Waals surface area contributed by atoms with Crippen LogP contribution in [0.4, 0.5) is 0 Å². The van der Waals surface area contributed by atoms with Gasteiger partial charge in [-0.05, 0) is 11.5 Å². The van der Waals surface area contributed by atoms with Crippen molar-refractivity contribution >= 4 is 12.6 Å². The van der Waals surface area contributed by atoms with Crippen LogP contribution in [0.15, 0.2) is 36.5 Å². The molecule has 2 aromatic rings. The summed E-state index contributed by atoms with van der Waals surface area (Å²) >= 11 is 0. The number of aromatic amines is 1. The average Bonchev–Trinajstić information content (AvgIpc) is 2.71. The molecule has 0 unspecified atom stereocenters. The van der Waals surface area contributed by atoms with E-state index in [9.17, 15) is 0 Å². The molecule has 0 bridgehead atoms. The molecule has 70 valence electrons. The van der Waals surface area contributed by atoms with Crippen molar-refractivity contribution in [2.75, 3.05) is 0 Å². The lowest BCUT2D eigenvalue weighted by Gasteiger charge is -2.01. The standard InChI is InChI=1S/C9H9BN2O2/c13-10(14)8-3-1-2-7(6-8)9-4-5-11-12-9/h1-6,13-14H,(H,11,12). The predicted molar refractivity (Wildman–Crippen MR) is 53.8 cm³/mol. The van der Waals surface area contributed by atoms with E-state index in [-0.39, 0.29) is 0 Å². The molecule has 1 aromatic carbocycles. The van der Waals surface area contributed by atoms with Gasteiger partial charge in [-0.25, -0.2) is 0 Å². The van der Waals surface area contributed by atoms with E-state index < -0.39 is 7.12 Å². The van der Waals surface area contributed by atoms with Crippen molar-refractivity contribution in [2.45, 2.75) is 0 Å². The third kappa shape index (κ3) is 1.68. The fraction of sp³-hybridized carbons (Fsp3) is 0. The van der Waals surface area contributed by atoms with E-state index in [0.29, 0.717) is 5.46 Å². The summed E-state index contributed by atoms with van der Waals surface area (Å²) in [5, 5.41) is 24.6. The van der Waals surface area contributed by atoms with Gasteiger partial charge in [-0.15, -0.1) is 0 Å². The van der Waals surface area contributed by atoms with E-state index in [2.05, 4.69) is 10.2 Å². The number of rotatable bonds is 2. The van der Waals surface area contributed by atoms with Crippen LogP contribution in [-0.2, 0) is 0 Å². The fourth-order valence-corrected chi connectivity index (χ4v) is 1.28. The van der Waals surface area contributed by atoms with Gasteiger partial charge in [0.1, 0.15) is 0 Å². The molecule has 2 rings (SSSR count). The first-order chi connectivity index (χ1) is 6.77. The summed E-state index contributed by atoms with van der Waals surface area (Å²) in [7, 11) is -1.44. The van der Waals surface area contributed by atoms with Crippen LogP contribution in [0, 0.1) is 0 Å². The van der Waals surface area contributed by atoms with E-state index in [1.165, 1.54) is 0 Å². The van der Waals surface area contributed by atoms with Crippen molar-refractivity contribution in [1.29, 1.82) is 0 Å². The summed E-state index contributed by atoms with van der Waals surface area (Å²) in [5.74, 6) is 0. The van der Waals surface area contributed by atoms with E-state index in [4.69, 9.17) is 10.0 Å². The third-order valence-corrected chi connectivity index (χ3v) is 1.98. The fourth-order valence-electron chi connectivity index (χ4n) is 1.28. The molecule has 0 aliphatic rings. The third-order valence-electron chi connectivity index (χ3n) is 1.98. The quantitative estimate of drug-likeness (QED) is 0.569. The van der Waals surface area contributed by atoms with E-state index in [0.717, 1.165) is 11.3 Å². The molecule has 0 fully saturated rings. The zero-order chi connectivity index (χ0) is 9.97. The highest BCUT2D eigenvalue weighted by Gasteiger charge is 2.11. The van der Waals surface area contributed by atoms with E-state index in [1.54, 1.807) is 24.4 Å². The van der Waals surface area contributed by atoms with Gasteiger partial charge in [-0.2, -0.15) is 5.10 Å². The van der Waals surface area contributed by atoms with Crippen molar-refractivity contribution in [1.82, 2.24) is 10.2 Å². The Morgan fingerprint density at radius 3 is 2.71 bits per heavy atom. The van der Waals surface area contributed by atoms with Crippen molar-refractivity contribution in [2.24, 2.45) is 0 Å². The molecule has 0 saturated heterocycles. The second-order valence-corrected chi connectivity index (χ2v) is 2.96. The molecular weight excluding hydrogens is 179 g/mol. The number of hydrogen-bond donors (Lipinski definition) is 3.